The number of nitriles is 1. The predicted molar refractivity (Wildman–Crippen MR) is 151 cm³/mol. The van der Waals surface area contributed by atoms with Gasteiger partial charge in [-0.25, -0.2) is 4.39 Å². The van der Waals surface area contributed by atoms with E-state index in [9.17, 15) is 19.6 Å². The van der Waals surface area contributed by atoms with Crippen molar-refractivity contribution in [3.05, 3.63) is 101 Å². The van der Waals surface area contributed by atoms with Crippen molar-refractivity contribution in [1.82, 2.24) is 4.90 Å². The van der Waals surface area contributed by atoms with Gasteiger partial charge < -0.3 is 19.6 Å². The summed E-state index contributed by atoms with van der Waals surface area (Å²) >= 11 is 0. The molecule has 3 aromatic carbocycles. The summed E-state index contributed by atoms with van der Waals surface area (Å²) in [5.74, 6) is 0.599. The van der Waals surface area contributed by atoms with Crippen molar-refractivity contribution in [3.63, 3.8) is 0 Å². The summed E-state index contributed by atoms with van der Waals surface area (Å²) in [4.78, 5) is 17.5. The van der Waals surface area contributed by atoms with Crippen molar-refractivity contribution < 1.29 is 19.0 Å². The Morgan fingerprint density at radius 2 is 1.87 bits per heavy atom. The monoisotopic (exact) mass is 527 g/mol. The van der Waals surface area contributed by atoms with Crippen LogP contribution in [0.1, 0.15) is 29.5 Å². The second kappa shape index (κ2) is 13.7. The third kappa shape index (κ3) is 7.53. The molecular formula is C32H34FN3O3. The highest BCUT2D eigenvalue weighted by atomic mass is 19.1. The number of carbonyl (C=O) groups is 1. The Morgan fingerprint density at radius 3 is 2.51 bits per heavy atom. The van der Waals surface area contributed by atoms with Gasteiger partial charge in [0.2, 0.25) is 0 Å². The van der Waals surface area contributed by atoms with E-state index >= 15 is 0 Å². The summed E-state index contributed by atoms with van der Waals surface area (Å²) in [6, 6.07) is 22.8. The van der Waals surface area contributed by atoms with Crippen molar-refractivity contribution in [2.45, 2.75) is 25.3 Å². The zero-order chi connectivity index (χ0) is 27.6. The van der Waals surface area contributed by atoms with Crippen molar-refractivity contribution in [2.75, 3.05) is 38.3 Å². The lowest BCUT2D eigenvalue weighted by Crippen LogP contribution is -2.50. The highest BCUT2D eigenvalue weighted by Crippen LogP contribution is 2.25. The Kier molecular flexibility index (Phi) is 9.85. The molecule has 0 spiro atoms. The molecular weight excluding hydrogens is 493 g/mol. The van der Waals surface area contributed by atoms with Crippen LogP contribution >= 0.6 is 0 Å². The van der Waals surface area contributed by atoms with E-state index in [4.69, 9.17) is 4.74 Å². The number of anilines is 1. The number of aliphatic hydroxyl groups excluding tert-OH is 1. The molecule has 202 valence electrons. The van der Waals surface area contributed by atoms with E-state index in [0.717, 1.165) is 37.9 Å². The van der Waals surface area contributed by atoms with Gasteiger partial charge in [0.1, 0.15) is 11.6 Å². The van der Waals surface area contributed by atoms with Gasteiger partial charge in [0.15, 0.2) is 0 Å². The smallest absolute Gasteiger partial charge is 0.251 e. The van der Waals surface area contributed by atoms with Gasteiger partial charge >= 0.3 is 0 Å². The molecule has 0 aromatic heterocycles. The molecule has 1 heterocycles. The highest BCUT2D eigenvalue weighted by molar-refractivity contribution is 6.04. The Hall–Kier alpha value is -3.99. The van der Waals surface area contributed by atoms with Crippen LogP contribution in [0, 0.1) is 23.1 Å². The fraction of sp³-hybridized carbons (Fsp3) is 0.312. The van der Waals surface area contributed by atoms with Gasteiger partial charge in [-0.3, -0.25) is 4.79 Å². The van der Waals surface area contributed by atoms with E-state index in [-0.39, 0.29) is 18.3 Å². The lowest BCUT2D eigenvalue weighted by atomic mass is 9.90. The summed E-state index contributed by atoms with van der Waals surface area (Å²) in [5.41, 5.74) is 2.95. The molecule has 1 fully saturated rings. The molecule has 39 heavy (non-hydrogen) atoms. The number of aliphatic hydroxyl groups is 1. The fourth-order valence-corrected chi connectivity index (χ4v) is 5.13. The molecule has 1 saturated heterocycles. The van der Waals surface area contributed by atoms with Crippen LogP contribution in [0.15, 0.2) is 78.9 Å². The normalized spacial score (nSPS) is 15.1. The predicted octanol–water partition coefficient (Wildman–Crippen LogP) is 5.07. The number of amides is 1. The van der Waals surface area contributed by atoms with Gasteiger partial charge in [0, 0.05) is 23.9 Å². The number of benzene rings is 3. The molecule has 1 amide bonds. The average Bonchev–Trinajstić information content (AvgIpc) is 2.98. The van der Waals surface area contributed by atoms with Crippen LogP contribution in [-0.4, -0.2) is 55.3 Å². The fourth-order valence-electron chi connectivity index (χ4n) is 5.13. The summed E-state index contributed by atoms with van der Waals surface area (Å²) in [7, 11) is 1.54. The minimum Gasteiger partial charge on any atom is -0.496 e. The van der Waals surface area contributed by atoms with E-state index in [1.165, 1.54) is 18.2 Å². The first-order valence-electron chi connectivity index (χ1n) is 13.2. The zero-order valence-corrected chi connectivity index (χ0v) is 22.2. The molecule has 7 heteroatoms. The average molecular weight is 528 g/mol. The number of nitrogens with zero attached hydrogens (tertiary/aromatic N) is 3. The van der Waals surface area contributed by atoms with Gasteiger partial charge in [0.05, 0.1) is 31.4 Å². The van der Waals surface area contributed by atoms with Crippen LogP contribution in [0.3, 0.4) is 0 Å². The summed E-state index contributed by atoms with van der Waals surface area (Å²) in [5, 5.41) is 19.7. The minimum absolute atomic E-state index is 0.183. The van der Waals surface area contributed by atoms with Crippen molar-refractivity contribution in [2.24, 2.45) is 5.92 Å². The number of carbonyl (C=O) groups excluding carboxylic acids is 1. The zero-order valence-electron chi connectivity index (χ0n) is 22.2. The lowest BCUT2D eigenvalue weighted by molar-refractivity contribution is -0.114. The largest absolute Gasteiger partial charge is 0.496 e. The van der Waals surface area contributed by atoms with Crippen LogP contribution in [-0.2, 0) is 11.2 Å². The molecule has 6 nitrogen and oxygen atoms in total. The van der Waals surface area contributed by atoms with E-state index in [1.54, 1.807) is 36.3 Å². The number of hydrogen-bond donors (Lipinski definition) is 1. The molecule has 0 radical (unpaired) electrons. The first-order chi connectivity index (χ1) is 19.0. The van der Waals surface area contributed by atoms with Gasteiger partial charge in [-0.15, -0.1) is 0 Å². The Bertz CT molecular complexity index is 1300. The van der Waals surface area contributed by atoms with Crippen LogP contribution in [0.5, 0.6) is 5.75 Å². The van der Waals surface area contributed by atoms with Crippen molar-refractivity contribution in [3.8, 4) is 11.8 Å². The lowest BCUT2D eigenvalue weighted by Gasteiger charge is -2.37. The second-order valence-corrected chi connectivity index (χ2v) is 9.86. The maximum absolute atomic E-state index is 13.6. The van der Waals surface area contributed by atoms with Crippen LogP contribution in [0.4, 0.5) is 10.1 Å². The SMILES string of the molecule is COc1ccc(C#N)cc1/C=C/C(=O)N(c1ccccc1)[C@H](CO)CN1CCC(Cc2ccc(F)cc2)CC1. The molecule has 3 aromatic rings. The highest BCUT2D eigenvalue weighted by Gasteiger charge is 2.28. The number of para-hydroxylation sites is 1. The third-order valence-electron chi connectivity index (χ3n) is 7.23. The Balaban J connectivity index is 1.46. The molecule has 0 bridgehead atoms. The van der Waals surface area contributed by atoms with Gasteiger partial charge in [-0.1, -0.05) is 30.3 Å². The number of ether oxygens (including phenoxy) is 1. The maximum atomic E-state index is 13.6. The van der Waals surface area contributed by atoms with E-state index in [2.05, 4.69) is 11.0 Å². The minimum atomic E-state index is -0.439. The van der Waals surface area contributed by atoms with E-state index in [1.807, 2.05) is 42.5 Å². The van der Waals surface area contributed by atoms with Crippen molar-refractivity contribution in [1.29, 1.82) is 5.26 Å². The number of hydrogen-bond acceptors (Lipinski definition) is 5. The summed E-state index contributed by atoms with van der Waals surface area (Å²) in [6.45, 7) is 2.10. The van der Waals surface area contributed by atoms with Gasteiger partial charge in [0.25, 0.3) is 5.91 Å². The number of methoxy groups -OCH3 is 1. The molecule has 1 N–H and O–H groups in total. The second-order valence-electron chi connectivity index (χ2n) is 9.86. The van der Waals surface area contributed by atoms with Crippen LogP contribution < -0.4 is 9.64 Å². The molecule has 0 aliphatic carbocycles. The topological polar surface area (TPSA) is 76.8 Å². The number of halogens is 1. The summed E-state index contributed by atoms with van der Waals surface area (Å²) < 4.78 is 18.6. The third-order valence-corrected chi connectivity index (χ3v) is 7.23. The van der Waals surface area contributed by atoms with E-state index < -0.39 is 6.04 Å². The quantitative estimate of drug-likeness (QED) is 0.373. The van der Waals surface area contributed by atoms with Gasteiger partial charge in [-0.2, -0.15) is 5.26 Å². The van der Waals surface area contributed by atoms with Crippen LogP contribution in [0.25, 0.3) is 6.08 Å². The first-order valence-corrected chi connectivity index (χ1v) is 13.2. The first kappa shape index (κ1) is 28.0. The number of piperidine rings is 1. The maximum Gasteiger partial charge on any atom is 0.251 e. The Labute approximate surface area is 229 Å². The molecule has 1 atom stereocenters. The standard InChI is InChI=1S/C32H34FN3O3/c1-39-31-13-9-26(21-34)20-27(31)10-14-32(38)36(29-5-3-2-4-6-29)30(23-37)22-35-17-15-25(16-18-35)19-24-7-11-28(33)12-8-24/h2-14,20,25,30,37H,15-19,22-23H2,1H3/b14-10+/t30-/m0/s1. The molecule has 4 rings (SSSR count). The Morgan fingerprint density at radius 1 is 1.15 bits per heavy atom. The molecule has 0 unspecified atom stereocenters. The number of rotatable bonds is 10. The molecule has 1 aliphatic heterocycles. The molecule has 1 aliphatic rings. The van der Waals surface area contributed by atoms with E-state index in [0.29, 0.717) is 35.0 Å². The van der Waals surface area contributed by atoms with Crippen molar-refractivity contribution >= 4 is 17.7 Å². The number of likely N-dealkylation sites (tertiary alicyclic amines) is 1. The van der Waals surface area contributed by atoms with Gasteiger partial charge in [-0.05, 0) is 92.4 Å². The molecule has 0 saturated carbocycles. The summed E-state index contributed by atoms with van der Waals surface area (Å²) in [6.07, 6.45) is 6.04. The van der Waals surface area contributed by atoms with Crippen LogP contribution in [0.2, 0.25) is 0 Å².